The minimum Gasteiger partial charge on any atom is -0.444 e. The van der Waals surface area contributed by atoms with Crippen molar-refractivity contribution in [3.05, 3.63) is 0 Å². The van der Waals surface area contributed by atoms with Gasteiger partial charge in [0.2, 0.25) is 0 Å². The minimum atomic E-state index is -0.422. The van der Waals surface area contributed by atoms with Gasteiger partial charge < -0.3 is 15.0 Å². The van der Waals surface area contributed by atoms with E-state index in [1.807, 2.05) is 27.7 Å². The molecule has 1 aliphatic rings. The molecule has 24 heavy (non-hydrogen) atoms. The zero-order valence-electron chi connectivity index (χ0n) is 17.1. The molecule has 0 unspecified atom stereocenters. The van der Waals surface area contributed by atoms with Gasteiger partial charge in [-0.3, -0.25) is 0 Å². The minimum absolute atomic E-state index is 0.198. The molecule has 0 aromatic heterocycles. The Kier molecular flexibility index (Phi) is 8.04. The number of amides is 1. The van der Waals surface area contributed by atoms with E-state index in [-0.39, 0.29) is 6.09 Å². The molecule has 0 spiro atoms. The van der Waals surface area contributed by atoms with Crippen LogP contribution in [0.3, 0.4) is 0 Å². The van der Waals surface area contributed by atoms with Crippen LogP contribution in [0.1, 0.15) is 80.6 Å². The van der Waals surface area contributed by atoms with E-state index in [4.69, 9.17) is 4.74 Å². The molecular formula is C20H40N2O2. The molecule has 0 bridgehead atoms. The maximum atomic E-state index is 12.1. The Morgan fingerprint density at radius 3 is 2.12 bits per heavy atom. The standard InChI is InChI=1S/C20H40N2O2/c1-8-22(18(23)24-20(5,6)7)15-9-14-21-17-12-10-16(11-13-17)19(2,3)4/h16-17,21H,8-15H2,1-7H3. The third kappa shape index (κ3) is 7.87. The van der Waals surface area contributed by atoms with Crippen LogP contribution in [-0.2, 0) is 4.74 Å². The molecule has 1 amide bonds. The summed E-state index contributed by atoms with van der Waals surface area (Å²) in [6.07, 6.45) is 6.01. The van der Waals surface area contributed by atoms with E-state index in [1.165, 1.54) is 25.7 Å². The molecule has 0 saturated heterocycles. The van der Waals surface area contributed by atoms with Crippen molar-refractivity contribution in [2.75, 3.05) is 19.6 Å². The van der Waals surface area contributed by atoms with Crippen LogP contribution in [0.25, 0.3) is 0 Å². The van der Waals surface area contributed by atoms with Gasteiger partial charge >= 0.3 is 6.09 Å². The molecule has 0 aromatic carbocycles. The first kappa shape index (κ1) is 21.3. The highest BCUT2D eigenvalue weighted by molar-refractivity contribution is 5.68. The largest absolute Gasteiger partial charge is 0.444 e. The topological polar surface area (TPSA) is 41.6 Å². The molecular weight excluding hydrogens is 300 g/mol. The summed E-state index contributed by atoms with van der Waals surface area (Å²) in [7, 11) is 0. The monoisotopic (exact) mass is 340 g/mol. The fraction of sp³-hybridized carbons (Fsp3) is 0.950. The van der Waals surface area contributed by atoms with Crippen molar-refractivity contribution >= 4 is 6.09 Å². The van der Waals surface area contributed by atoms with Gasteiger partial charge in [-0.1, -0.05) is 20.8 Å². The second kappa shape index (κ2) is 9.07. The van der Waals surface area contributed by atoms with Crippen molar-refractivity contribution in [3.63, 3.8) is 0 Å². The number of hydrogen-bond donors (Lipinski definition) is 1. The summed E-state index contributed by atoms with van der Waals surface area (Å²) < 4.78 is 5.45. The predicted molar refractivity (Wildman–Crippen MR) is 101 cm³/mol. The van der Waals surface area contributed by atoms with E-state index >= 15 is 0 Å². The second-order valence-electron chi connectivity index (χ2n) is 9.28. The van der Waals surface area contributed by atoms with Crippen molar-refractivity contribution in [1.29, 1.82) is 0 Å². The molecule has 4 nitrogen and oxygen atoms in total. The van der Waals surface area contributed by atoms with Crippen molar-refractivity contribution in [2.45, 2.75) is 92.2 Å². The first-order valence-corrected chi connectivity index (χ1v) is 9.74. The molecule has 1 aliphatic carbocycles. The van der Waals surface area contributed by atoms with E-state index in [0.29, 0.717) is 18.0 Å². The summed E-state index contributed by atoms with van der Waals surface area (Å²) in [5, 5.41) is 3.68. The van der Waals surface area contributed by atoms with Gasteiger partial charge in [0.25, 0.3) is 0 Å². The van der Waals surface area contributed by atoms with Gasteiger partial charge in [-0.2, -0.15) is 0 Å². The van der Waals surface area contributed by atoms with Crippen molar-refractivity contribution in [1.82, 2.24) is 10.2 Å². The van der Waals surface area contributed by atoms with Crippen LogP contribution in [0.4, 0.5) is 4.79 Å². The maximum Gasteiger partial charge on any atom is 0.410 e. The van der Waals surface area contributed by atoms with Crippen molar-refractivity contribution in [2.24, 2.45) is 11.3 Å². The van der Waals surface area contributed by atoms with Gasteiger partial charge in [-0.15, -0.1) is 0 Å². The van der Waals surface area contributed by atoms with Crippen LogP contribution in [0.2, 0.25) is 0 Å². The second-order valence-corrected chi connectivity index (χ2v) is 9.28. The van der Waals surface area contributed by atoms with Crippen LogP contribution >= 0.6 is 0 Å². The number of nitrogens with zero attached hydrogens (tertiary/aromatic N) is 1. The van der Waals surface area contributed by atoms with Crippen LogP contribution in [0.5, 0.6) is 0 Å². The van der Waals surface area contributed by atoms with Gasteiger partial charge in [0.05, 0.1) is 0 Å². The maximum absolute atomic E-state index is 12.1. The molecule has 0 aromatic rings. The Morgan fingerprint density at radius 2 is 1.67 bits per heavy atom. The first-order chi connectivity index (χ1) is 11.0. The molecule has 142 valence electrons. The molecule has 0 atom stereocenters. The molecule has 1 rings (SSSR count). The lowest BCUT2D eigenvalue weighted by Gasteiger charge is -2.37. The Balaban J connectivity index is 2.22. The van der Waals surface area contributed by atoms with E-state index in [2.05, 4.69) is 26.1 Å². The third-order valence-corrected chi connectivity index (χ3v) is 5.02. The van der Waals surface area contributed by atoms with Crippen LogP contribution in [0, 0.1) is 11.3 Å². The molecule has 1 N–H and O–H groups in total. The predicted octanol–water partition coefficient (Wildman–Crippen LogP) is 4.83. The molecule has 0 heterocycles. The first-order valence-electron chi connectivity index (χ1n) is 9.74. The van der Waals surface area contributed by atoms with Gasteiger partial charge in [-0.05, 0) is 77.7 Å². The highest BCUT2D eigenvalue weighted by atomic mass is 16.6. The average molecular weight is 341 g/mol. The normalized spacial score (nSPS) is 22.3. The van der Waals surface area contributed by atoms with Gasteiger partial charge in [0, 0.05) is 19.1 Å². The van der Waals surface area contributed by atoms with Crippen molar-refractivity contribution < 1.29 is 9.53 Å². The fourth-order valence-electron chi connectivity index (χ4n) is 3.44. The molecule has 4 heteroatoms. The number of carbonyl (C=O) groups is 1. The summed E-state index contributed by atoms with van der Waals surface area (Å²) in [5.74, 6) is 0.860. The lowest BCUT2D eigenvalue weighted by atomic mass is 9.71. The lowest BCUT2D eigenvalue weighted by molar-refractivity contribution is 0.0258. The third-order valence-electron chi connectivity index (χ3n) is 5.02. The number of carbonyl (C=O) groups excluding carboxylic acids is 1. The van der Waals surface area contributed by atoms with E-state index in [0.717, 1.165) is 25.4 Å². The average Bonchev–Trinajstić information content (AvgIpc) is 2.45. The van der Waals surface area contributed by atoms with E-state index < -0.39 is 5.60 Å². The van der Waals surface area contributed by atoms with Gasteiger partial charge in [0.15, 0.2) is 0 Å². The zero-order chi connectivity index (χ0) is 18.4. The lowest BCUT2D eigenvalue weighted by Crippen LogP contribution is -2.40. The molecule has 0 aliphatic heterocycles. The Bertz CT molecular complexity index is 374. The fourth-order valence-corrected chi connectivity index (χ4v) is 3.44. The quantitative estimate of drug-likeness (QED) is 0.704. The summed E-state index contributed by atoms with van der Waals surface area (Å²) in [4.78, 5) is 13.9. The Morgan fingerprint density at radius 1 is 1.08 bits per heavy atom. The van der Waals surface area contributed by atoms with Crippen LogP contribution in [-0.4, -0.2) is 42.3 Å². The summed E-state index contributed by atoms with van der Waals surface area (Å²) >= 11 is 0. The number of rotatable bonds is 6. The summed E-state index contributed by atoms with van der Waals surface area (Å²) in [5.41, 5.74) is 0.0223. The highest BCUT2D eigenvalue weighted by Crippen LogP contribution is 2.37. The Hall–Kier alpha value is -0.770. The van der Waals surface area contributed by atoms with E-state index in [1.54, 1.807) is 4.90 Å². The molecule has 1 saturated carbocycles. The summed E-state index contributed by atoms with van der Waals surface area (Å²) in [6, 6.07) is 0.653. The highest BCUT2D eigenvalue weighted by Gasteiger charge is 2.29. The van der Waals surface area contributed by atoms with Crippen LogP contribution < -0.4 is 5.32 Å². The summed E-state index contributed by atoms with van der Waals surface area (Å²) in [6.45, 7) is 17.3. The Labute approximate surface area is 149 Å². The van der Waals surface area contributed by atoms with Crippen molar-refractivity contribution in [3.8, 4) is 0 Å². The zero-order valence-corrected chi connectivity index (χ0v) is 17.1. The van der Waals surface area contributed by atoms with E-state index in [9.17, 15) is 4.79 Å². The smallest absolute Gasteiger partial charge is 0.410 e. The SMILES string of the molecule is CCN(CCCNC1CCC(C(C)(C)C)CC1)C(=O)OC(C)(C)C. The number of ether oxygens (including phenoxy) is 1. The molecule has 0 radical (unpaired) electrons. The van der Waals surface area contributed by atoms with Crippen LogP contribution in [0.15, 0.2) is 0 Å². The number of hydrogen-bond acceptors (Lipinski definition) is 3. The van der Waals surface area contributed by atoms with Gasteiger partial charge in [0.1, 0.15) is 5.60 Å². The van der Waals surface area contributed by atoms with Gasteiger partial charge in [-0.25, -0.2) is 4.79 Å². The molecule has 1 fully saturated rings. The number of nitrogens with one attached hydrogen (secondary N) is 1.